The Bertz CT molecular complexity index is 1520. The summed E-state index contributed by atoms with van der Waals surface area (Å²) >= 11 is 0. The van der Waals surface area contributed by atoms with Crippen molar-refractivity contribution in [3.8, 4) is 45.7 Å². The molecule has 0 amide bonds. The number of phenolic OH excluding ortho intramolecular Hbond substituents is 2. The second-order valence-corrected chi connectivity index (χ2v) is 9.82. The Labute approximate surface area is 193 Å². The van der Waals surface area contributed by atoms with E-state index in [-0.39, 0.29) is 28.6 Å². The number of nitrogens with zero attached hydrogens (tertiary/aromatic N) is 3. The van der Waals surface area contributed by atoms with E-state index in [1.807, 2.05) is 0 Å². The van der Waals surface area contributed by atoms with Crippen molar-refractivity contribution in [3.05, 3.63) is 66.7 Å². The Morgan fingerprint density at radius 3 is 1.38 bits per heavy atom. The zero-order valence-electron chi connectivity index (χ0n) is 16.9. The third kappa shape index (κ3) is 4.72. The lowest BCUT2D eigenvalue weighted by Gasteiger charge is -2.11. The fourth-order valence-corrected chi connectivity index (χ4v) is 4.06. The molecule has 0 spiro atoms. The molecule has 3 aromatic carbocycles. The summed E-state index contributed by atoms with van der Waals surface area (Å²) in [7, 11) is -9.24. The van der Waals surface area contributed by atoms with Gasteiger partial charge in [0.1, 0.15) is 11.5 Å². The lowest BCUT2D eigenvalue weighted by molar-refractivity contribution is 0.472. The van der Waals surface area contributed by atoms with Crippen LogP contribution in [0.1, 0.15) is 0 Å². The van der Waals surface area contributed by atoms with Crippen LogP contribution < -0.4 is 0 Å². The molecule has 11 nitrogen and oxygen atoms in total. The predicted octanol–water partition coefficient (Wildman–Crippen LogP) is 2.78. The molecule has 0 atom stereocenters. The Balaban J connectivity index is 2.02. The van der Waals surface area contributed by atoms with E-state index < -0.39 is 41.5 Å². The molecule has 1 aromatic heterocycles. The van der Waals surface area contributed by atoms with E-state index in [1.54, 1.807) is 30.3 Å². The van der Waals surface area contributed by atoms with Gasteiger partial charge >= 0.3 is 0 Å². The van der Waals surface area contributed by atoms with Gasteiger partial charge in [0.25, 0.3) is 20.2 Å². The summed E-state index contributed by atoms with van der Waals surface area (Å²) in [6.07, 6.45) is 0. The summed E-state index contributed by atoms with van der Waals surface area (Å²) in [4.78, 5) is 11.7. The third-order valence-corrected chi connectivity index (χ3v) is 6.38. The molecule has 13 heteroatoms. The summed E-state index contributed by atoms with van der Waals surface area (Å²) < 4.78 is 65.1. The number of aromatic nitrogens is 3. The zero-order chi connectivity index (χ0) is 24.7. The van der Waals surface area contributed by atoms with Crippen molar-refractivity contribution < 1.29 is 36.2 Å². The molecule has 34 heavy (non-hydrogen) atoms. The van der Waals surface area contributed by atoms with Crippen molar-refractivity contribution >= 4 is 20.2 Å². The average molecular weight is 501 g/mol. The summed E-state index contributed by atoms with van der Waals surface area (Å²) in [5.74, 6) is -1.25. The largest absolute Gasteiger partial charge is 0.507 e. The van der Waals surface area contributed by atoms with Crippen LogP contribution in [0.15, 0.2) is 76.5 Å². The van der Waals surface area contributed by atoms with Gasteiger partial charge in [-0.25, -0.2) is 15.0 Å². The van der Waals surface area contributed by atoms with Crippen LogP contribution in [0.2, 0.25) is 0 Å². The summed E-state index contributed by atoms with van der Waals surface area (Å²) in [6, 6.07) is 14.4. The molecule has 0 aliphatic carbocycles. The maximum Gasteiger partial charge on any atom is 0.294 e. The number of benzene rings is 3. The molecule has 0 radical (unpaired) electrons. The highest BCUT2D eigenvalue weighted by Crippen LogP contribution is 2.34. The topological polar surface area (TPSA) is 188 Å². The van der Waals surface area contributed by atoms with Crippen LogP contribution in [0.3, 0.4) is 0 Å². The lowest BCUT2D eigenvalue weighted by atomic mass is 10.1. The molecule has 0 aliphatic heterocycles. The summed E-state index contributed by atoms with van der Waals surface area (Å²) in [5, 5.41) is 20.7. The molecule has 4 N–H and O–H groups in total. The molecule has 174 valence electrons. The van der Waals surface area contributed by atoms with Crippen LogP contribution in [0, 0.1) is 0 Å². The van der Waals surface area contributed by atoms with Gasteiger partial charge < -0.3 is 10.2 Å². The van der Waals surface area contributed by atoms with E-state index in [1.165, 1.54) is 0 Å². The molecule has 1 heterocycles. The van der Waals surface area contributed by atoms with E-state index in [4.69, 9.17) is 0 Å². The Morgan fingerprint density at radius 2 is 0.971 bits per heavy atom. The molecule has 0 saturated carbocycles. The van der Waals surface area contributed by atoms with E-state index in [9.17, 15) is 36.2 Å². The highest BCUT2D eigenvalue weighted by Gasteiger charge is 2.21. The number of hydrogen-bond donors (Lipinski definition) is 4. The van der Waals surface area contributed by atoms with Crippen molar-refractivity contribution in [2.45, 2.75) is 9.79 Å². The Morgan fingerprint density at radius 1 is 0.559 bits per heavy atom. The van der Waals surface area contributed by atoms with Gasteiger partial charge in [0.2, 0.25) is 0 Å². The fraction of sp³-hybridized carbons (Fsp3) is 0. The first-order valence-corrected chi connectivity index (χ1v) is 12.2. The van der Waals surface area contributed by atoms with Gasteiger partial charge in [0, 0.05) is 5.56 Å². The second kappa shape index (κ2) is 8.46. The Kier molecular flexibility index (Phi) is 5.79. The normalized spacial score (nSPS) is 11.9. The van der Waals surface area contributed by atoms with Crippen LogP contribution in [-0.4, -0.2) is 51.1 Å². The van der Waals surface area contributed by atoms with E-state index >= 15 is 0 Å². The van der Waals surface area contributed by atoms with Crippen molar-refractivity contribution in [3.63, 3.8) is 0 Å². The molecule has 4 aromatic rings. The van der Waals surface area contributed by atoms with Crippen LogP contribution >= 0.6 is 0 Å². The summed E-state index contributed by atoms with van der Waals surface area (Å²) in [5.41, 5.74) is 0.131. The van der Waals surface area contributed by atoms with Crippen molar-refractivity contribution in [1.82, 2.24) is 15.0 Å². The highest BCUT2D eigenvalue weighted by atomic mass is 32.2. The van der Waals surface area contributed by atoms with E-state index in [2.05, 4.69) is 15.0 Å². The van der Waals surface area contributed by atoms with Crippen LogP contribution in [0.5, 0.6) is 11.5 Å². The van der Waals surface area contributed by atoms with Crippen molar-refractivity contribution in [2.75, 3.05) is 0 Å². The van der Waals surface area contributed by atoms with E-state index in [0.29, 0.717) is 5.56 Å². The number of phenols is 2. The maximum atomic E-state index is 11.6. The monoisotopic (exact) mass is 501 g/mol. The predicted molar refractivity (Wildman–Crippen MR) is 119 cm³/mol. The first-order chi connectivity index (χ1) is 15.9. The standard InChI is InChI=1S/C21H15N3O8S2/c25-17-8-6-13(33(27,28)29)10-15(17)20-22-19(12-4-2-1-3-5-12)23-21(24-20)16-11-14(34(30,31)32)7-9-18(16)26/h1-11,25-26H,(H,27,28,29)(H,30,31,32). The van der Waals surface area contributed by atoms with Crippen LogP contribution in [-0.2, 0) is 20.2 Å². The first kappa shape index (κ1) is 23.3. The molecule has 0 bridgehead atoms. The smallest absolute Gasteiger partial charge is 0.294 e. The third-order valence-electron chi connectivity index (χ3n) is 4.68. The number of hydrogen-bond acceptors (Lipinski definition) is 9. The minimum Gasteiger partial charge on any atom is -0.507 e. The van der Waals surface area contributed by atoms with Gasteiger partial charge in [-0.2, -0.15) is 16.8 Å². The van der Waals surface area contributed by atoms with Gasteiger partial charge in [0.15, 0.2) is 17.5 Å². The van der Waals surface area contributed by atoms with E-state index in [0.717, 1.165) is 36.4 Å². The van der Waals surface area contributed by atoms with Gasteiger partial charge in [-0.3, -0.25) is 9.11 Å². The van der Waals surface area contributed by atoms with Crippen molar-refractivity contribution in [1.29, 1.82) is 0 Å². The summed E-state index contributed by atoms with van der Waals surface area (Å²) in [6.45, 7) is 0. The maximum absolute atomic E-state index is 11.6. The van der Waals surface area contributed by atoms with Gasteiger partial charge in [-0.05, 0) is 36.4 Å². The van der Waals surface area contributed by atoms with Gasteiger partial charge in [0.05, 0.1) is 20.9 Å². The number of rotatable bonds is 5. The number of aromatic hydroxyl groups is 2. The molecule has 0 unspecified atom stereocenters. The molecule has 0 saturated heterocycles. The Hall–Kier alpha value is -3.91. The molecule has 4 rings (SSSR count). The second-order valence-electron chi connectivity index (χ2n) is 6.98. The quantitative estimate of drug-likeness (QED) is 0.294. The minimum atomic E-state index is -4.62. The average Bonchev–Trinajstić information content (AvgIpc) is 2.78. The first-order valence-electron chi connectivity index (χ1n) is 9.37. The molecule has 0 aliphatic rings. The molecular weight excluding hydrogens is 486 g/mol. The molecule has 0 fully saturated rings. The van der Waals surface area contributed by atoms with Gasteiger partial charge in [-0.15, -0.1) is 0 Å². The highest BCUT2D eigenvalue weighted by molar-refractivity contribution is 7.86. The minimum absolute atomic E-state index is 0.0499. The SMILES string of the molecule is O=S(=O)(O)c1ccc(O)c(-c2nc(-c3ccccc3)nc(-c3cc(S(=O)(=O)O)ccc3O)n2)c1. The zero-order valence-corrected chi connectivity index (χ0v) is 18.6. The van der Waals surface area contributed by atoms with Crippen LogP contribution in [0.25, 0.3) is 34.2 Å². The molecular formula is C21H15N3O8S2. The lowest BCUT2D eigenvalue weighted by Crippen LogP contribution is -2.03. The van der Waals surface area contributed by atoms with Crippen molar-refractivity contribution in [2.24, 2.45) is 0 Å². The fourth-order valence-electron chi connectivity index (χ4n) is 3.04. The van der Waals surface area contributed by atoms with Gasteiger partial charge in [-0.1, -0.05) is 30.3 Å². The van der Waals surface area contributed by atoms with Crippen LogP contribution in [0.4, 0.5) is 0 Å².